The predicted octanol–water partition coefficient (Wildman–Crippen LogP) is 4.42. The monoisotopic (exact) mass is 345 g/mol. The largest absolute Gasteiger partial charge is 0.378 e. The molecule has 0 radical (unpaired) electrons. The van der Waals surface area contributed by atoms with Gasteiger partial charge in [-0.1, -0.05) is 42.0 Å². The number of hydrogen-bond acceptors (Lipinski definition) is 3. The number of carbonyl (C=O) groups is 1. The molecule has 0 aromatic heterocycles. The first-order valence-electron chi connectivity index (χ1n) is 8.58. The predicted molar refractivity (Wildman–Crippen MR) is 110 cm³/mol. The van der Waals surface area contributed by atoms with Crippen molar-refractivity contribution in [2.24, 2.45) is 5.10 Å². The van der Waals surface area contributed by atoms with Crippen molar-refractivity contribution in [2.75, 3.05) is 24.0 Å². The smallest absolute Gasteiger partial charge is 0.280 e. The zero-order valence-corrected chi connectivity index (χ0v) is 15.6. The first-order valence-corrected chi connectivity index (χ1v) is 8.58. The highest BCUT2D eigenvalue weighted by Crippen LogP contribution is 2.24. The molecule has 26 heavy (non-hydrogen) atoms. The Balaban J connectivity index is 1.75. The lowest BCUT2D eigenvalue weighted by Crippen LogP contribution is -2.21. The Bertz CT molecular complexity index is 888. The maximum absolute atomic E-state index is 12.7. The number of amides is 1. The van der Waals surface area contributed by atoms with Crippen LogP contribution in [0, 0.1) is 6.92 Å². The summed E-state index contributed by atoms with van der Waals surface area (Å²) >= 11 is 0. The Morgan fingerprint density at radius 2 is 1.62 bits per heavy atom. The van der Waals surface area contributed by atoms with Crippen molar-refractivity contribution in [3.63, 3.8) is 0 Å². The van der Waals surface area contributed by atoms with Gasteiger partial charge in [-0.2, -0.15) is 10.1 Å². The van der Waals surface area contributed by atoms with E-state index in [-0.39, 0.29) is 5.91 Å². The van der Waals surface area contributed by atoms with E-state index in [0.29, 0.717) is 5.57 Å². The highest BCUT2D eigenvalue weighted by Gasteiger charge is 2.27. The molecule has 0 bridgehead atoms. The van der Waals surface area contributed by atoms with Crippen LogP contribution in [0.2, 0.25) is 0 Å². The average molecular weight is 345 g/mol. The van der Waals surface area contributed by atoms with Crippen LogP contribution in [0.3, 0.4) is 0 Å². The molecule has 4 heteroatoms. The van der Waals surface area contributed by atoms with E-state index in [1.807, 2.05) is 70.4 Å². The number of carbonyl (C=O) groups excluding carboxylic acids is 1. The van der Waals surface area contributed by atoms with Crippen molar-refractivity contribution in [1.29, 1.82) is 0 Å². The molecule has 0 fully saturated rings. The van der Waals surface area contributed by atoms with Crippen molar-refractivity contribution < 1.29 is 4.79 Å². The molecule has 1 aliphatic heterocycles. The molecule has 0 aliphatic carbocycles. The van der Waals surface area contributed by atoms with E-state index >= 15 is 0 Å². The number of anilines is 2. The van der Waals surface area contributed by atoms with Crippen LogP contribution in [0.25, 0.3) is 6.08 Å². The Hall–Kier alpha value is -3.14. The SMILES string of the molecule is CC1=NN(c2ccc(C)cc2)C(=O)/C1=C\C=C\c1ccc(N(C)C)cc1. The van der Waals surface area contributed by atoms with Crippen molar-refractivity contribution in [3.05, 3.63) is 77.4 Å². The molecule has 2 aromatic carbocycles. The van der Waals surface area contributed by atoms with Gasteiger partial charge in [0.05, 0.1) is 17.0 Å². The zero-order valence-electron chi connectivity index (χ0n) is 15.6. The van der Waals surface area contributed by atoms with Crippen LogP contribution >= 0.6 is 0 Å². The number of benzene rings is 2. The summed E-state index contributed by atoms with van der Waals surface area (Å²) in [5.41, 5.74) is 5.52. The molecular weight excluding hydrogens is 322 g/mol. The molecule has 3 rings (SSSR count). The molecule has 0 atom stereocenters. The molecule has 0 unspecified atom stereocenters. The number of nitrogens with zero attached hydrogens (tertiary/aromatic N) is 3. The molecule has 132 valence electrons. The van der Waals surface area contributed by atoms with Gasteiger partial charge >= 0.3 is 0 Å². The summed E-state index contributed by atoms with van der Waals surface area (Å²) in [5, 5.41) is 5.86. The summed E-state index contributed by atoms with van der Waals surface area (Å²) in [6, 6.07) is 16.0. The molecule has 0 N–H and O–H groups in total. The third kappa shape index (κ3) is 3.75. The second kappa shape index (κ2) is 7.40. The third-order valence-electron chi connectivity index (χ3n) is 4.30. The van der Waals surface area contributed by atoms with Crippen molar-refractivity contribution in [3.8, 4) is 0 Å². The Kier molecular flexibility index (Phi) is 5.03. The van der Waals surface area contributed by atoms with Gasteiger partial charge in [0.15, 0.2) is 0 Å². The Labute approximate surface area is 154 Å². The second-order valence-electron chi connectivity index (χ2n) is 6.56. The molecule has 0 spiro atoms. The summed E-state index contributed by atoms with van der Waals surface area (Å²) in [4.78, 5) is 14.7. The van der Waals surface area contributed by atoms with Gasteiger partial charge in [0.25, 0.3) is 5.91 Å². The van der Waals surface area contributed by atoms with E-state index in [0.717, 1.165) is 28.2 Å². The summed E-state index contributed by atoms with van der Waals surface area (Å²) in [7, 11) is 4.03. The van der Waals surface area contributed by atoms with Crippen LogP contribution in [-0.2, 0) is 4.79 Å². The van der Waals surface area contributed by atoms with Gasteiger partial charge in [0.1, 0.15) is 0 Å². The lowest BCUT2D eigenvalue weighted by molar-refractivity contribution is -0.114. The zero-order chi connectivity index (χ0) is 18.7. The normalized spacial score (nSPS) is 15.8. The fourth-order valence-electron chi connectivity index (χ4n) is 2.71. The lowest BCUT2D eigenvalue weighted by Gasteiger charge is -2.11. The minimum atomic E-state index is -0.0982. The number of hydrogen-bond donors (Lipinski definition) is 0. The van der Waals surface area contributed by atoms with Crippen LogP contribution in [0.1, 0.15) is 18.1 Å². The van der Waals surface area contributed by atoms with Crippen molar-refractivity contribution >= 4 is 29.1 Å². The minimum Gasteiger partial charge on any atom is -0.378 e. The van der Waals surface area contributed by atoms with Crippen LogP contribution in [0.4, 0.5) is 11.4 Å². The van der Waals surface area contributed by atoms with E-state index in [9.17, 15) is 4.79 Å². The second-order valence-corrected chi connectivity index (χ2v) is 6.56. The van der Waals surface area contributed by atoms with Crippen molar-refractivity contribution in [2.45, 2.75) is 13.8 Å². The average Bonchev–Trinajstić information content (AvgIpc) is 2.91. The van der Waals surface area contributed by atoms with Crippen LogP contribution in [-0.4, -0.2) is 25.7 Å². The summed E-state index contributed by atoms with van der Waals surface area (Å²) in [6.45, 7) is 3.88. The topological polar surface area (TPSA) is 35.9 Å². The highest BCUT2D eigenvalue weighted by molar-refractivity contribution is 6.29. The fraction of sp³-hybridized carbons (Fsp3) is 0.182. The molecule has 1 aliphatic rings. The van der Waals surface area contributed by atoms with Crippen LogP contribution < -0.4 is 9.91 Å². The first-order chi connectivity index (χ1) is 12.5. The molecule has 0 saturated carbocycles. The molecule has 2 aromatic rings. The maximum Gasteiger partial charge on any atom is 0.280 e. The molecule has 1 amide bonds. The maximum atomic E-state index is 12.7. The minimum absolute atomic E-state index is 0.0982. The lowest BCUT2D eigenvalue weighted by atomic mass is 10.1. The fourth-order valence-corrected chi connectivity index (χ4v) is 2.71. The van der Waals surface area contributed by atoms with Crippen LogP contribution in [0.5, 0.6) is 0 Å². The molecule has 1 heterocycles. The van der Waals surface area contributed by atoms with Gasteiger partial charge in [0, 0.05) is 19.8 Å². The van der Waals surface area contributed by atoms with Gasteiger partial charge in [-0.05, 0) is 49.8 Å². The van der Waals surface area contributed by atoms with E-state index in [1.54, 1.807) is 0 Å². The Morgan fingerprint density at radius 1 is 0.962 bits per heavy atom. The standard InChI is InChI=1S/C22H23N3O/c1-16-8-12-20(13-9-16)25-22(26)21(17(2)23-25)7-5-6-18-10-14-19(15-11-18)24(3)4/h5-15H,1-4H3/b6-5+,21-7-. The van der Waals surface area contributed by atoms with E-state index < -0.39 is 0 Å². The molecule has 0 saturated heterocycles. The molecule has 4 nitrogen and oxygen atoms in total. The molecular formula is C22H23N3O. The summed E-state index contributed by atoms with van der Waals surface area (Å²) in [6.07, 6.45) is 5.71. The quantitative estimate of drug-likeness (QED) is 0.769. The van der Waals surface area contributed by atoms with E-state index in [1.165, 1.54) is 5.01 Å². The van der Waals surface area contributed by atoms with E-state index in [2.05, 4.69) is 34.3 Å². The summed E-state index contributed by atoms with van der Waals surface area (Å²) < 4.78 is 0. The van der Waals surface area contributed by atoms with Gasteiger partial charge in [-0.25, -0.2) is 0 Å². The van der Waals surface area contributed by atoms with Crippen molar-refractivity contribution in [1.82, 2.24) is 0 Å². The van der Waals surface area contributed by atoms with Gasteiger partial charge in [-0.3, -0.25) is 4.79 Å². The summed E-state index contributed by atoms with van der Waals surface area (Å²) in [5.74, 6) is -0.0982. The van der Waals surface area contributed by atoms with Crippen LogP contribution in [0.15, 0.2) is 71.4 Å². The number of allylic oxidation sites excluding steroid dienone is 2. The van der Waals surface area contributed by atoms with Gasteiger partial charge in [-0.15, -0.1) is 0 Å². The Morgan fingerprint density at radius 3 is 2.23 bits per heavy atom. The van der Waals surface area contributed by atoms with Gasteiger partial charge in [0.2, 0.25) is 0 Å². The first kappa shape index (κ1) is 17.7. The number of hydrazone groups is 1. The third-order valence-corrected chi connectivity index (χ3v) is 4.30. The number of rotatable bonds is 4. The number of aryl methyl sites for hydroxylation is 1. The highest BCUT2D eigenvalue weighted by atomic mass is 16.2. The van der Waals surface area contributed by atoms with E-state index in [4.69, 9.17) is 0 Å². The van der Waals surface area contributed by atoms with Gasteiger partial charge < -0.3 is 4.90 Å².